The molecule has 0 bridgehead atoms. The molecule has 0 aliphatic rings. The number of rotatable bonds is 10. The summed E-state index contributed by atoms with van der Waals surface area (Å²) in [7, 11) is 4.03. The van der Waals surface area contributed by atoms with Crippen LogP contribution in [0.3, 0.4) is 0 Å². The quantitative estimate of drug-likeness (QED) is 0.588. The highest BCUT2D eigenvalue weighted by atomic mass is 16.1. The van der Waals surface area contributed by atoms with Crippen LogP contribution in [0.5, 0.6) is 0 Å². The van der Waals surface area contributed by atoms with Crippen molar-refractivity contribution >= 4 is 5.78 Å². The first kappa shape index (κ1) is 18.8. The zero-order chi connectivity index (χ0) is 16.5. The zero-order valence-electron chi connectivity index (χ0n) is 14.0. The summed E-state index contributed by atoms with van der Waals surface area (Å²) >= 11 is 0. The first-order chi connectivity index (χ1) is 10.5. The number of benzene rings is 1. The summed E-state index contributed by atoms with van der Waals surface area (Å²) in [6.45, 7) is 4.91. The van der Waals surface area contributed by atoms with Gasteiger partial charge in [-0.1, -0.05) is 24.3 Å². The average molecular weight is 306 g/mol. The Bertz CT molecular complexity index is 464. The number of nitrogens with two attached hydrogens (primary N) is 2. The number of carbonyl (C=O) groups excluding carboxylic acids is 1. The molecule has 124 valence electrons. The largest absolute Gasteiger partial charge is 0.330 e. The van der Waals surface area contributed by atoms with E-state index in [2.05, 4.69) is 17.3 Å². The Balaban J connectivity index is 2.74. The van der Waals surface area contributed by atoms with E-state index in [1.807, 2.05) is 31.3 Å². The Morgan fingerprint density at radius 3 is 2.73 bits per heavy atom. The lowest BCUT2D eigenvalue weighted by atomic mass is 9.91. The Labute approximate surface area is 134 Å². The molecule has 5 nitrogen and oxygen atoms in total. The zero-order valence-corrected chi connectivity index (χ0v) is 14.0. The molecule has 0 amide bonds. The van der Waals surface area contributed by atoms with E-state index in [-0.39, 0.29) is 17.7 Å². The molecule has 0 aliphatic carbocycles. The van der Waals surface area contributed by atoms with E-state index in [0.717, 1.165) is 30.8 Å². The molecule has 1 aromatic rings. The molecular weight excluding hydrogens is 276 g/mol. The van der Waals surface area contributed by atoms with Gasteiger partial charge in [0.1, 0.15) is 5.78 Å². The summed E-state index contributed by atoms with van der Waals surface area (Å²) in [6, 6.07) is 7.86. The average Bonchev–Trinajstić information content (AvgIpc) is 2.49. The van der Waals surface area contributed by atoms with Gasteiger partial charge in [-0.25, -0.2) is 0 Å². The first-order valence-corrected chi connectivity index (χ1v) is 7.85. The van der Waals surface area contributed by atoms with Gasteiger partial charge in [0.15, 0.2) is 0 Å². The summed E-state index contributed by atoms with van der Waals surface area (Å²) in [5.74, 6) is 0.349. The van der Waals surface area contributed by atoms with Gasteiger partial charge in [-0.2, -0.15) is 0 Å². The van der Waals surface area contributed by atoms with Gasteiger partial charge in [-0.05, 0) is 38.7 Å². The van der Waals surface area contributed by atoms with Crippen LogP contribution in [0.15, 0.2) is 24.3 Å². The number of Topliss-reactive ketones (excluding diaryl/α,β-unsaturated/α-hetero) is 1. The van der Waals surface area contributed by atoms with Crippen molar-refractivity contribution < 1.29 is 4.79 Å². The van der Waals surface area contributed by atoms with Gasteiger partial charge in [0.05, 0.1) is 0 Å². The van der Waals surface area contributed by atoms with Crippen LogP contribution in [-0.4, -0.2) is 51.0 Å². The van der Waals surface area contributed by atoms with Crippen molar-refractivity contribution in [2.45, 2.75) is 19.4 Å². The van der Waals surface area contributed by atoms with Crippen LogP contribution in [-0.2, 0) is 11.2 Å². The Hall–Kier alpha value is -1.27. The second-order valence-corrected chi connectivity index (χ2v) is 6.01. The molecule has 22 heavy (non-hydrogen) atoms. The van der Waals surface area contributed by atoms with E-state index in [1.54, 1.807) is 6.92 Å². The molecule has 0 saturated heterocycles. The van der Waals surface area contributed by atoms with Gasteiger partial charge in [0.25, 0.3) is 0 Å². The van der Waals surface area contributed by atoms with Crippen LogP contribution in [0, 0.1) is 5.92 Å². The van der Waals surface area contributed by atoms with E-state index in [4.69, 9.17) is 11.5 Å². The third-order valence-corrected chi connectivity index (χ3v) is 3.89. The highest BCUT2D eigenvalue weighted by Crippen LogP contribution is 2.21. The lowest BCUT2D eigenvalue weighted by Gasteiger charge is -2.28. The van der Waals surface area contributed by atoms with Crippen molar-refractivity contribution in [2.75, 3.05) is 40.3 Å². The number of nitrogens with zero attached hydrogens (tertiary/aromatic N) is 1. The molecule has 0 saturated carbocycles. The molecule has 2 atom stereocenters. The maximum absolute atomic E-state index is 11.3. The van der Waals surface area contributed by atoms with Crippen molar-refractivity contribution in [3.8, 4) is 0 Å². The molecular formula is C17H30N4O. The molecule has 1 aromatic carbocycles. The first-order valence-electron chi connectivity index (χ1n) is 7.85. The van der Waals surface area contributed by atoms with Gasteiger partial charge in [-0.3, -0.25) is 4.79 Å². The molecule has 0 fully saturated rings. The molecule has 0 radical (unpaired) electrons. The molecule has 2 unspecified atom stereocenters. The van der Waals surface area contributed by atoms with Crippen molar-refractivity contribution in [1.29, 1.82) is 0 Å². The smallest absolute Gasteiger partial charge is 0.134 e. The minimum absolute atomic E-state index is 0.117. The predicted octanol–water partition coefficient (Wildman–Crippen LogP) is 0.544. The predicted molar refractivity (Wildman–Crippen MR) is 91.7 cm³/mol. The molecule has 0 spiro atoms. The van der Waals surface area contributed by atoms with Gasteiger partial charge in [0.2, 0.25) is 0 Å². The maximum atomic E-state index is 11.3. The maximum Gasteiger partial charge on any atom is 0.134 e. The fourth-order valence-electron chi connectivity index (χ4n) is 2.60. The van der Waals surface area contributed by atoms with E-state index in [0.29, 0.717) is 13.0 Å². The van der Waals surface area contributed by atoms with Gasteiger partial charge in [-0.15, -0.1) is 0 Å². The second kappa shape index (κ2) is 9.69. The second-order valence-electron chi connectivity index (χ2n) is 6.01. The summed E-state index contributed by atoms with van der Waals surface area (Å²) in [5.41, 5.74) is 14.4. The molecule has 0 heterocycles. The number of likely N-dealkylation sites (N-methyl/N-ethyl adjacent to an activating group) is 2. The van der Waals surface area contributed by atoms with Crippen LogP contribution in [0.4, 0.5) is 0 Å². The highest BCUT2D eigenvalue weighted by molar-refractivity contribution is 5.78. The molecule has 5 heteroatoms. The number of hydrogen-bond acceptors (Lipinski definition) is 5. The summed E-state index contributed by atoms with van der Waals surface area (Å²) in [6.07, 6.45) is 0.454. The van der Waals surface area contributed by atoms with E-state index in [1.165, 1.54) is 0 Å². The van der Waals surface area contributed by atoms with Crippen LogP contribution >= 0.6 is 0 Å². The lowest BCUT2D eigenvalue weighted by Crippen LogP contribution is -2.39. The third-order valence-electron chi connectivity index (χ3n) is 3.89. The number of ketones is 1. The van der Waals surface area contributed by atoms with Crippen LogP contribution < -0.4 is 16.8 Å². The van der Waals surface area contributed by atoms with Crippen molar-refractivity contribution in [3.63, 3.8) is 0 Å². The summed E-state index contributed by atoms with van der Waals surface area (Å²) in [5, 5.41) is 3.14. The summed E-state index contributed by atoms with van der Waals surface area (Å²) in [4.78, 5) is 13.5. The van der Waals surface area contributed by atoms with Crippen LogP contribution in [0.2, 0.25) is 0 Å². The third kappa shape index (κ3) is 6.23. The minimum atomic E-state index is -0.117. The molecule has 0 aliphatic heterocycles. The fraction of sp³-hybridized carbons (Fsp3) is 0.588. The van der Waals surface area contributed by atoms with Gasteiger partial charge >= 0.3 is 0 Å². The van der Waals surface area contributed by atoms with Gasteiger partial charge in [0, 0.05) is 38.0 Å². The Morgan fingerprint density at radius 1 is 1.41 bits per heavy atom. The number of nitrogens with one attached hydrogen (secondary N) is 1. The minimum Gasteiger partial charge on any atom is -0.330 e. The SMILES string of the molecule is CNCCN(C)CC(CN)C(N)c1cccc(CC(C)=O)c1. The van der Waals surface area contributed by atoms with E-state index in [9.17, 15) is 4.79 Å². The van der Waals surface area contributed by atoms with E-state index < -0.39 is 0 Å². The van der Waals surface area contributed by atoms with Gasteiger partial charge < -0.3 is 21.7 Å². The van der Waals surface area contributed by atoms with E-state index >= 15 is 0 Å². The monoisotopic (exact) mass is 306 g/mol. The number of hydrogen-bond donors (Lipinski definition) is 3. The lowest BCUT2D eigenvalue weighted by molar-refractivity contribution is -0.116. The number of carbonyl (C=O) groups is 1. The van der Waals surface area contributed by atoms with Crippen LogP contribution in [0.25, 0.3) is 0 Å². The van der Waals surface area contributed by atoms with Crippen molar-refractivity contribution in [1.82, 2.24) is 10.2 Å². The standard InChI is InChI=1S/C17H30N4O/c1-13(22)9-14-5-4-6-15(10-14)17(19)16(11-18)12-21(3)8-7-20-2/h4-6,10,16-17,20H,7-9,11-12,18-19H2,1-3H3. The normalized spacial score (nSPS) is 14.1. The fourth-order valence-corrected chi connectivity index (χ4v) is 2.60. The molecule has 0 aromatic heterocycles. The van der Waals surface area contributed by atoms with Crippen molar-refractivity contribution in [2.24, 2.45) is 17.4 Å². The Kier molecular flexibility index (Phi) is 8.27. The topological polar surface area (TPSA) is 84.4 Å². The van der Waals surface area contributed by atoms with Crippen LogP contribution in [0.1, 0.15) is 24.1 Å². The molecule has 5 N–H and O–H groups in total. The van der Waals surface area contributed by atoms with Crippen molar-refractivity contribution in [3.05, 3.63) is 35.4 Å². The highest BCUT2D eigenvalue weighted by Gasteiger charge is 2.20. The summed E-state index contributed by atoms with van der Waals surface area (Å²) < 4.78 is 0. The Morgan fingerprint density at radius 2 is 2.14 bits per heavy atom. The molecule has 1 rings (SSSR count).